The third-order valence-electron chi connectivity index (χ3n) is 3.31. The molecule has 2 unspecified atom stereocenters. The molecular formula is C15H18N2O5. The van der Waals surface area contributed by atoms with Crippen molar-refractivity contribution < 1.29 is 24.5 Å². The monoisotopic (exact) mass is 306 g/mol. The van der Waals surface area contributed by atoms with E-state index in [1.807, 2.05) is 30.3 Å². The highest BCUT2D eigenvalue weighted by Gasteiger charge is 2.43. The molecule has 0 radical (unpaired) electrons. The molecule has 118 valence electrons. The van der Waals surface area contributed by atoms with Crippen molar-refractivity contribution in [2.24, 2.45) is 10.9 Å². The summed E-state index contributed by atoms with van der Waals surface area (Å²) in [4.78, 5) is 27.8. The Morgan fingerprint density at radius 2 is 2.09 bits per heavy atom. The van der Waals surface area contributed by atoms with Gasteiger partial charge < -0.3 is 14.9 Å². The highest BCUT2D eigenvalue weighted by molar-refractivity contribution is 5.95. The van der Waals surface area contributed by atoms with Crippen LogP contribution in [0.25, 0.3) is 0 Å². The lowest BCUT2D eigenvalue weighted by Gasteiger charge is -2.39. The number of aliphatic imine (C=N–C) groups is 1. The van der Waals surface area contributed by atoms with Crippen molar-refractivity contribution >= 4 is 18.1 Å². The fraction of sp³-hybridized carbons (Fsp3) is 0.400. The molecule has 1 aromatic carbocycles. The summed E-state index contributed by atoms with van der Waals surface area (Å²) in [6, 6.07) is 9.32. The number of nitrogens with zero attached hydrogens (tertiary/aromatic N) is 2. The van der Waals surface area contributed by atoms with Crippen LogP contribution >= 0.6 is 0 Å². The molecule has 0 bridgehead atoms. The van der Waals surface area contributed by atoms with Crippen molar-refractivity contribution in [3.63, 3.8) is 0 Å². The van der Waals surface area contributed by atoms with Crippen molar-refractivity contribution in [3.8, 4) is 0 Å². The highest BCUT2D eigenvalue weighted by atomic mass is 16.5. The Kier molecular flexibility index (Phi) is 4.89. The van der Waals surface area contributed by atoms with Gasteiger partial charge in [0.2, 0.25) is 5.91 Å². The van der Waals surface area contributed by atoms with Gasteiger partial charge in [-0.2, -0.15) is 0 Å². The standard InChI is InChI=1S/C15H18N2O5/c1-11-8-16-15(21,7-13(18)19)17(14(11)20)10-22-9-12-5-3-2-4-6-12/h2-6,8,11,21H,7,9-10H2,1H3,(H,18,19). The molecule has 7 heteroatoms. The number of carbonyl (C=O) groups is 2. The lowest BCUT2D eigenvalue weighted by atomic mass is 10.1. The quantitative estimate of drug-likeness (QED) is 0.811. The van der Waals surface area contributed by atoms with Gasteiger partial charge in [-0.3, -0.25) is 14.5 Å². The van der Waals surface area contributed by atoms with Crippen LogP contribution in [0.4, 0.5) is 0 Å². The molecule has 7 nitrogen and oxygen atoms in total. The number of carbonyl (C=O) groups excluding carboxylic acids is 1. The lowest BCUT2D eigenvalue weighted by Crippen LogP contribution is -2.57. The zero-order valence-electron chi connectivity index (χ0n) is 12.2. The topological polar surface area (TPSA) is 99.4 Å². The van der Waals surface area contributed by atoms with E-state index in [4.69, 9.17) is 9.84 Å². The molecule has 0 fully saturated rings. The number of hydrogen-bond donors (Lipinski definition) is 2. The van der Waals surface area contributed by atoms with Crippen LogP contribution < -0.4 is 0 Å². The maximum absolute atomic E-state index is 12.2. The number of hydrogen-bond acceptors (Lipinski definition) is 5. The summed E-state index contributed by atoms with van der Waals surface area (Å²) in [5.74, 6) is -4.32. The third kappa shape index (κ3) is 3.69. The largest absolute Gasteiger partial charge is 0.481 e. The molecule has 0 aliphatic carbocycles. The van der Waals surface area contributed by atoms with Crippen LogP contribution in [0, 0.1) is 5.92 Å². The minimum Gasteiger partial charge on any atom is -0.481 e. The Balaban J connectivity index is 2.05. The summed E-state index contributed by atoms with van der Waals surface area (Å²) in [5.41, 5.74) is 0.908. The fourth-order valence-electron chi connectivity index (χ4n) is 2.13. The first-order valence-corrected chi connectivity index (χ1v) is 6.85. The molecule has 1 aromatic rings. The number of benzene rings is 1. The van der Waals surface area contributed by atoms with Gasteiger partial charge >= 0.3 is 5.97 Å². The molecule has 2 atom stereocenters. The Labute approximate surface area is 127 Å². The number of aliphatic hydroxyl groups is 1. The van der Waals surface area contributed by atoms with Crippen molar-refractivity contribution in [3.05, 3.63) is 35.9 Å². The van der Waals surface area contributed by atoms with E-state index in [1.165, 1.54) is 6.21 Å². The summed E-state index contributed by atoms with van der Waals surface area (Å²) >= 11 is 0. The predicted octanol–water partition coefficient (Wildman–Crippen LogP) is 0.831. The van der Waals surface area contributed by atoms with E-state index < -0.39 is 30.1 Å². The van der Waals surface area contributed by atoms with E-state index in [0.717, 1.165) is 10.5 Å². The first kappa shape index (κ1) is 16.1. The van der Waals surface area contributed by atoms with Crippen molar-refractivity contribution in [1.29, 1.82) is 0 Å². The van der Waals surface area contributed by atoms with Crippen LogP contribution in [0.2, 0.25) is 0 Å². The Morgan fingerprint density at radius 1 is 1.41 bits per heavy atom. The van der Waals surface area contributed by atoms with E-state index in [2.05, 4.69) is 4.99 Å². The normalized spacial score (nSPS) is 24.5. The summed E-state index contributed by atoms with van der Waals surface area (Å²) < 4.78 is 5.43. The molecule has 0 spiro atoms. The molecule has 22 heavy (non-hydrogen) atoms. The van der Waals surface area contributed by atoms with Gasteiger partial charge in [0, 0.05) is 6.21 Å². The van der Waals surface area contributed by atoms with Crippen molar-refractivity contribution in [1.82, 2.24) is 4.90 Å². The van der Waals surface area contributed by atoms with E-state index in [0.29, 0.717) is 0 Å². The van der Waals surface area contributed by atoms with Crippen molar-refractivity contribution in [2.75, 3.05) is 6.73 Å². The maximum atomic E-state index is 12.2. The van der Waals surface area contributed by atoms with Gasteiger partial charge in [0.1, 0.15) is 13.2 Å². The minimum absolute atomic E-state index is 0.237. The summed E-state index contributed by atoms with van der Waals surface area (Å²) in [6.45, 7) is 1.63. The fourth-order valence-corrected chi connectivity index (χ4v) is 2.13. The highest BCUT2D eigenvalue weighted by Crippen LogP contribution is 2.25. The van der Waals surface area contributed by atoms with Gasteiger partial charge in [0.05, 0.1) is 12.5 Å². The molecule has 0 aromatic heterocycles. The number of amides is 1. The SMILES string of the molecule is CC1C=NC(O)(CC(=O)O)N(COCc2ccccc2)C1=O. The number of aliphatic carboxylic acids is 1. The van der Waals surface area contributed by atoms with E-state index in [9.17, 15) is 14.7 Å². The lowest BCUT2D eigenvalue weighted by molar-refractivity contribution is -0.187. The van der Waals surface area contributed by atoms with Crippen LogP contribution in [0.1, 0.15) is 18.9 Å². The second-order valence-corrected chi connectivity index (χ2v) is 5.14. The van der Waals surface area contributed by atoms with Crippen LogP contribution in [0.3, 0.4) is 0 Å². The second-order valence-electron chi connectivity index (χ2n) is 5.14. The Bertz CT molecular complexity index is 575. The number of ether oxygens (including phenoxy) is 1. The molecule has 0 saturated heterocycles. The third-order valence-corrected chi connectivity index (χ3v) is 3.31. The Hall–Kier alpha value is -2.25. The van der Waals surface area contributed by atoms with Gasteiger partial charge in [-0.1, -0.05) is 30.3 Å². The Morgan fingerprint density at radius 3 is 2.73 bits per heavy atom. The van der Waals surface area contributed by atoms with E-state index >= 15 is 0 Å². The number of carboxylic acid groups (broad SMARTS) is 1. The van der Waals surface area contributed by atoms with Crippen LogP contribution in [0.15, 0.2) is 35.3 Å². The first-order chi connectivity index (χ1) is 10.4. The smallest absolute Gasteiger partial charge is 0.310 e. The molecule has 2 N–H and O–H groups in total. The van der Waals surface area contributed by atoms with Gasteiger partial charge in [0.15, 0.2) is 0 Å². The predicted molar refractivity (Wildman–Crippen MR) is 77.8 cm³/mol. The zero-order valence-corrected chi connectivity index (χ0v) is 12.2. The maximum Gasteiger partial charge on any atom is 0.310 e. The second kappa shape index (κ2) is 6.67. The molecular weight excluding hydrogens is 288 g/mol. The average Bonchev–Trinajstić information content (AvgIpc) is 2.47. The van der Waals surface area contributed by atoms with Gasteiger partial charge in [0.25, 0.3) is 5.85 Å². The minimum atomic E-state index is -2.11. The van der Waals surface area contributed by atoms with Crippen LogP contribution in [0.5, 0.6) is 0 Å². The molecule has 1 aliphatic rings. The number of rotatable bonds is 6. The van der Waals surface area contributed by atoms with Crippen LogP contribution in [-0.4, -0.2) is 45.8 Å². The first-order valence-electron chi connectivity index (χ1n) is 6.85. The molecule has 1 aliphatic heterocycles. The molecule has 1 amide bonds. The summed E-state index contributed by atoms with van der Waals surface area (Å²) in [6.07, 6.45) is 0.565. The average molecular weight is 306 g/mol. The van der Waals surface area contributed by atoms with Gasteiger partial charge in [-0.25, -0.2) is 4.99 Å². The van der Waals surface area contributed by atoms with Gasteiger partial charge in [-0.15, -0.1) is 0 Å². The summed E-state index contributed by atoms with van der Waals surface area (Å²) in [7, 11) is 0. The van der Waals surface area contributed by atoms with Gasteiger partial charge in [-0.05, 0) is 12.5 Å². The van der Waals surface area contributed by atoms with E-state index in [-0.39, 0.29) is 13.3 Å². The van der Waals surface area contributed by atoms with E-state index in [1.54, 1.807) is 6.92 Å². The number of carboxylic acids is 1. The van der Waals surface area contributed by atoms with Crippen LogP contribution in [-0.2, 0) is 20.9 Å². The van der Waals surface area contributed by atoms with Crippen molar-refractivity contribution in [2.45, 2.75) is 25.8 Å². The zero-order chi connectivity index (χ0) is 16.2. The summed E-state index contributed by atoms with van der Waals surface area (Å²) in [5, 5.41) is 19.2. The molecule has 0 saturated carbocycles. The molecule has 1 heterocycles. The molecule has 2 rings (SSSR count).